The zero-order valence-electron chi connectivity index (χ0n) is 12.3. The smallest absolute Gasteiger partial charge is 0.337 e. The molecule has 0 fully saturated rings. The molecule has 4 heteroatoms. The van der Waals surface area contributed by atoms with E-state index in [1.807, 2.05) is 44.2 Å². The summed E-state index contributed by atoms with van der Waals surface area (Å²) >= 11 is 0. The first kappa shape index (κ1) is 13.5. The number of benzene rings is 2. The quantitative estimate of drug-likeness (QED) is 0.742. The van der Waals surface area contributed by atoms with Crippen LogP contribution in [0.1, 0.15) is 24.2 Å². The Kier molecular flexibility index (Phi) is 3.29. The maximum atomic E-state index is 11.7. The average molecular weight is 283 g/mol. The highest BCUT2D eigenvalue weighted by molar-refractivity contribution is 6.09. The third kappa shape index (κ3) is 2.44. The molecule has 108 valence electrons. The molecule has 0 unspecified atom stereocenters. The van der Waals surface area contributed by atoms with Crippen molar-refractivity contribution in [3.63, 3.8) is 0 Å². The molecule has 1 N–H and O–H groups in total. The number of aromatic amines is 1. The largest absolute Gasteiger partial charge is 0.491 e. The van der Waals surface area contributed by atoms with Crippen LogP contribution < -0.4 is 4.74 Å². The van der Waals surface area contributed by atoms with Crippen molar-refractivity contribution in [1.82, 2.24) is 4.98 Å². The van der Waals surface area contributed by atoms with E-state index >= 15 is 0 Å². The van der Waals surface area contributed by atoms with Gasteiger partial charge in [0.15, 0.2) is 0 Å². The van der Waals surface area contributed by atoms with Crippen molar-refractivity contribution in [3.05, 3.63) is 42.0 Å². The van der Waals surface area contributed by atoms with Gasteiger partial charge in [0.2, 0.25) is 0 Å². The fourth-order valence-electron chi connectivity index (χ4n) is 2.47. The molecule has 21 heavy (non-hydrogen) atoms. The Hall–Kier alpha value is -2.49. The van der Waals surface area contributed by atoms with E-state index in [2.05, 4.69) is 4.98 Å². The molecule has 3 rings (SSSR count). The molecule has 0 atom stereocenters. The van der Waals surface area contributed by atoms with Gasteiger partial charge in [0.25, 0.3) is 0 Å². The summed E-state index contributed by atoms with van der Waals surface area (Å²) in [6, 6.07) is 11.4. The molecule has 0 bridgehead atoms. The van der Waals surface area contributed by atoms with Crippen LogP contribution in [0.4, 0.5) is 0 Å². The topological polar surface area (TPSA) is 51.3 Å². The molecule has 0 saturated carbocycles. The average Bonchev–Trinajstić information content (AvgIpc) is 2.83. The Balaban J connectivity index is 2.18. The van der Waals surface area contributed by atoms with E-state index in [0.717, 1.165) is 27.6 Å². The Labute approximate surface area is 122 Å². The Morgan fingerprint density at radius 3 is 2.38 bits per heavy atom. The maximum Gasteiger partial charge on any atom is 0.337 e. The van der Waals surface area contributed by atoms with Gasteiger partial charge in [-0.1, -0.05) is 0 Å². The monoisotopic (exact) mass is 283 g/mol. The number of rotatable bonds is 3. The molecule has 1 aromatic heterocycles. The summed E-state index contributed by atoms with van der Waals surface area (Å²) in [5.74, 6) is 0.489. The fraction of sp³-hybridized carbons (Fsp3) is 0.235. The summed E-state index contributed by atoms with van der Waals surface area (Å²) in [5, 5.41) is 2.02. The van der Waals surface area contributed by atoms with Gasteiger partial charge in [-0.15, -0.1) is 0 Å². The van der Waals surface area contributed by atoms with Gasteiger partial charge >= 0.3 is 5.97 Å². The Bertz CT molecular complexity index is 817. The first-order valence-corrected chi connectivity index (χ1v) is 6.89. The lowest BCUT2D eigenvalue weighted by atomic mass is 10.1. The summed E-state index contributed by atoms with van der Waals surface area (Å²) in [5.41, 5.74) is 2.54. The second-order valence-corrected chi connectivity index (χ2v) is 5.25. The Morgan fingerprint density at radius 2 is 1.71 bits per heavy atom. The van der Waals surface area contributed by atoms with Crippen LogP contribution in [-0.2, 0) is 4.74 Å². The highest BCUT2D eigenvalue weighted by Gasteiger charge is 2.11. The normalized spacial score (nSPS) is 11.2. The summed E-state index contributed by atoms with van der Waals surface area (Å²) in [7, 11) is 1.39. The molecule has 0 amide bonds. The van der Waals surface area contributed by atoms with Gasteiger partial charge < -0.3 is 14.5 Å². The van der Waals surface area contributed by atoms with E-state index in [1.165, 1.54) is 7.11 Å². The van der Waals surface area contributed by atoms with Crippen LogP contribution in [0, 0.1) is 0 Å². The predicted octanol–water partition coefficient (Wildman–Crippen LogP) is 3.89. The molecule has 2 aromatic carbocycles. The fourth-order valence-corrected chi connectivity index (χ4v) is 2.47. The zero-order chi connectivity index (χ0) is 15.0. The second-order valence-electron chi connectivity index (χ2n) is 5.25. The molecule has 4 nitrogen and oxygen atoms in total. The van der Waals surface area contributed by atoms with E-state index in [-0.39, 0.29) is 12.1 Å². The number of ether oxygens (including phenoxy) is 2. The highest BCUT2D eigenvalue weighted by Crippen LogP contribution is 2.30. The van der Waals surface area contributed by atoms with Crippen LogP contribution in [0.15, 0.2) is 36.4 Å². The minimum atomic E-state index is -0.333. The number of H-pyrrole nitrogens is 1. The summed E-state index contributed by atoms with van der Waals surface area (Å²) in [6.45, 7) is 3.99. The first-order valence-electron chi connectivity index (χ1n) is 6.89. The van der Waals surface area contributed by atoms with E-state index < -0.39 is 0 Å². The summed E-state index contributed by atoms with van der Waals surface area (Å²) in [6.07, 6.45) is 0.123. The number of carbonyl (C=O) groups is 1. The van der Waals surface area contributed by atoms with Gasteiger partial charge in [0.05, 0.1) is 18.8 Å². The van der Waals surface area contributed by atoms with Gasteiger partial charge in [-0.3, -0.25) is 0 Å². The van der Waals surface area contributed by atoms with Crippen molar-refractivity contribution in [1.29, 1.82) is 0 Å². The molecule has 0 aliphatic heterocycles. The van der Waals surface area contributed by atoms with Gasteiger partial charge in [0, 0.05) is 21.8 Å². The lowest BCUT2D eigenvalue weighted by molar-refractivity contribution is 0.0601. The molecular weight excluding hydrogens is 266 g/mol. The third-order valence-corrected chi connectivity index (χ3v) is 3.36. The number of carbonyl (C=O) groups excluding carboxylic acids is 1. The highest BCUT2D eigenvalue weighted by atomic mass is 16.5. The number of esters is 1. The van der Waals surface area contributed by atoms with Crippen LogP contribution in [-0.4, -0.2) is 24.2 Å². The SMILES string of the molecule is COC(=O)c1ccc2[nH]c3ccc(OC(C)C)cc3c2c1. The number of hydrogen-bond donors (Lipinski definition) is 1. The van der Waals surface area contributed by atoms with Crippen LogP contribution >= 0.6 is 0 Å². The molecule has 0 radical (unpaired) electrons. The summed E-state index contributed by atoms with van der Waals surface area (Å²) in [4.78, 5) is 15.0. The van der Waals surface area contributed by atoms with Gasteiger partial charge in [-0.2, -0.15) is 0 Å². The Morgan fingerprint density at radius 1 is 1.05 bits per heavy atom. The molecular formula is C17H17NO3. The van der Waals surface area contributed by atoms with Crippen molar-refractivity contribution in [2.75, 3.05) is 7.11 Å². The molecule has 0 spiro atoms. The minimum Gasteiger partial charge on any atom is -0.491 e. The van der Waals surface area contributed by atoms with Crippen LogP contribution in [0.2, 0.25) is 0 Å². The van der Waals surface area contributed by atoms with E-state index in [0.29, 0.717) is 5.56 Å². The van der Waals surface area contributed by atoms with E-state index in [9.17, 15) is 4.79 Å². The molecule has 3 aromatic rings. The maximum absolute atomic E-state index is 11.7. The first-order chi connectivity index (χ1) is 10.1. The van der Waals surface area contributed by atoms with Crippen molar-refractivity contribution < 1.29 is 14.3 Å². The lowest BCUT2D eigenvalue weighted by Gasteiger charge is -2.09. The van der Waals surface area contributed by atoms with Gasteiger partial charge in [0.1, 0.15) is 5.75 Å². The molecule has 0 aliphatic carbocycles. The van der Waals surface area contributed by atoms with Crippen molar-refractivity contribution >= 4 is 27.8 Å². The zero-order valence-corrected chi connectivity index (χ0v) is 12.3. The van der Waals surface area contributed by atoms with Gasteiger partial charge in [-0.25, -0.2) is 4.79 Å². The van der Waals surface area contributed by atoms with Crippen LogP contribution in [0.3, 0.4) is 0 Å². The van der Waals surface area contributed by atoms with E-state index in [4.69, 9.17) is 9.47 Å². The van der Waals surface area contributed by atoms with Crippen LogP contribution in [0.5, 0.6) is 5.75 Å². The third-order valence-electron chi connectivity index (χ3n) is 3.36. The number of fused-ring (bicyclic) bond motifs is 3. The van der Waals surface area contributed by atoms with E-state index in [1.54, 1.807) is 6.07 Å². The molecule has 0 saturated heterocycles. The standard InChI is InChI=1S/C17H17NO3/c1-10(2)21-12-5-7-16-14(9-12)13-8-11(17(19)20-3)4-6-15(13)18-16/h4-10,18H,1-3H3. The van der Waals surface area contributed by atoms with Crippen LogP contribution in [0.25, 0.3) is 21.8 Å². The lowest BCUT2D eigenvalue weighted by Crippen LogP contribution is -2.05. The minimum absolute atomic E-state index is 0.123. The molecule has 1 heterocycles. The number of methoxy groups -OCH3 is 1. The van der Waals surface area contributed by atoms with Crippen molar-refractivity contribution in [3.8, 4) is 5.75 Å². The number of nitrogens with one attached hydrogen (secondary N) is 1. The van der Waals surface area contributed by atoms with Crippen molar-refractivity contribution in [2.45, 2.75) is 20.0 Å². The number of aromatic nitrogens is 1. The van der Waals surface area contributed by atoms with Crippen molar-refractivity contribution in [2.24, 2.45) is 0 Å². The summed E-state index contributed by atoms with van der Waals surface area (Å²) < 4.78 is 10.5. The number of hydrogen-bond acceptors (Lipinski definition) is 3. The molecule has 0 aliphatic rings. The van der Waals surface area contributed by atoms with Gasteiger partial charge in [-0.05, 0) is 50.2 Å². The second kappa shape index (κ2) is 5.13. The predicted molar refractivity (Wildman–Crippen MR) is 82.9 cm³/mol.